The third-order valence-electron chi connectivity index (χ3n) is 9.64. The van der Waals surface area contributed by atoms with Crippen molar-refractivity contribution in [3.05, 3.63) is 40.7 Å². The van der Waals surface area contributed by atoms with Crippen LogP contribution >= 0.6 is 11.6 Å². The fourth-order valence-electron chi connectivity index (χ4n) is 6.90. The lowest BCUT2D eigenvalue weighted by Crippen LogP contribution is -2.43. The molecule has 0 aliphatic heterocycles. The molecule has 2 aromatic rings. The van der Waals surface area contributed by atoms with Crippen LogP contribution in [0.25, 0.3) is 0 Å². The number of carboxylic acid groups (broad SMARTS) is 1. The zero-order valence-corrected chi connectivity index (χ0v) is 23.3. The lowest BCUT2D eigenvalue weighted by molar-refractivity contribution is -0.152. The molecule has 9 nitrogen and oxygen atoms in total. The fourth-order valence-corrected chi connectivity index (χ4v) is 7.13. The van der Waals surface area contributed by atoms with Crippen molar-refractivity contribution in [2.24, 2.45) is 22.7 Å². The quantitative estimate of drug-likeness (QED) is 0.462. The lowest BCUT2D eigenvalue weighted by atomic mass is 9.74. The molecule has 3 aliphatic rings. The van der Waals surface area contributed by atoms with Crippen LogP contribution in [0.2, 0.25) is 5.02 Å². The highest BCUT2D eigenvalue weighted by molar-refractivity contribution is 6.31. The number of rotatable bonds is 7. The highest BCUT2D eigenvalue weighted by Gasteiger charge is 2.63. The van der Waals surface area contributed by atoms with E-state index in [1.807, 2.05) is 0 Å². The number of nitrogens with zero attached hydrogens (tertiary/aromatic N) is 5. The number of carbonyl (C=O) groups is 2. The van der Waals surface area contributed by atoms with E-state index in [1.165, 1.54) is 17.4 Å². The van der Waals surface area contributed by atoms with Crippen LogP contribution in [0.15, 0.2) is 18.7 Å². The van der Waals surface area contributed by atoms with Crippen molar-refractivity contribution in [3.63, 3.8) is 0 Å². The Morgan fingerprint density at radius 3 is 2.35 bits per heavy atom. The topological polar surface area (TPSA) is 121 Å². The monoisotopic (exact) mass is 583 g/mol. The van der Waals surface area contributed by atoms with E-state index < -0.39 is 46.9 Å². The van der Waals surface area contributed by atoms with Gasteiger partial charge in [-0.05, 0) is 62.7 Å². The Labute approximate surface area is 234 Å². The highest BCUT2D eigenvalue weighted by Crippen LogP contribution is 2.67. The lowest BCUT2D eigenvalue weighted by Gasteiger charge is -2.35. The molecule has 1 amide bonds. The predicted molar refractivity (Wildman–Crippen MR) is 137 cm³/mol. The first-order valence-electron chi connectivity index (χ1n) is 13.5. The van der Waals surface area contributed by atoms with E-state index in [-0.39, 0.29) is 54.4 Å². The third kappa shape index (κ3) is 4.97. The summed E-state index contributed by atoms with van der Waals surface area (Å²) in [6.07, 6.45) is -0.722. The number of amides is 1. The molecule has 3 fully saturated rings. The maximum atomic E-state index is 14.5. The Balaban J connectivity index is 1.46. The first kappa shape index (κ1) is 28.8. The number of carboxylic acids is 1. The molecule has 3 atom stereocenters. The molecular weight excluding hydrogens is 551 g/mol. The van der Waals surface area contributed by atoms with Crippen LogP contribution in [0.4, 0.5) is 13.2 Å². The molecule has 3 aliphatic carbocycles. The molecule has 0 saturated heterocycles. The van der Waals surface area contributed by atoms with Gasteiger partial charge in [-0.25, -0.2) is 9.97 Å². The van der Waals surface area contributed by atoms with Crippen LogP contribution in [-0.2, 0) is 11.0 Å². The second kappa shape index (κ2) is 9.97. The minimum Gasteiger partial charge on any atom is -0.481 e. The second-order valence-electron chi connectivity index (χ2n) is 12.3. The summed E-state index contributed by atoms with van der Waals surface area (Å²) >= 11 is 6.15. The fraction of sp³-hybridized carbons (Fsp3) is 0.667. The van der Waals surface area contributed by atoms with Crippen molar-refractivity contribution in [1.82, 2.24) is 24.6 Å². The van der Waals surface area contributed by atoms with Crippen molar-refractivity contribution in [2.45, 2.75) is 83.7 Å². The Hall–Kier alpha value is -2.73. The van der Waals surface area contributed by atoms with Crippen molar-refractivity contribution >= 4 is 23.5 Å². The van der Waals surface area contributed by atoms with Crippen molar-refractivity contribution in [1.29, 1.82) is 0 Å². The number of aliphatic hydroxyl groups excluding tert-OH is 1. The highest BCUT2D eigenvalue weighted by atomic mass is 35.5. The number of aliphatic hydroxyl groups is 1. The smallest absolute Gasteiger partial charge is 0.433 e. The van der Waals surface area contributed by atoms with Gasteiger partial charge in [-0.15, -0.1) is 0 Å². The molecular formula is C27H33ClF3N5O4. The summed E-state index contributed by atoms with van der Waals surface area (Å²) in [6, 6.07) is -1.05. The molecule has 2 N–H and O–H groups in total. The molecule has 0 spiro atoms. The number of hydrogen-bond acceptors (Lipinski definition) is 6. The number of halogens is 4. The normalized spacial score (nSPS) is 30.0. The van der Waals surface area contributed by atoms with Crippen LogP contribution in [0.3, 0.4) is 0 Å². The van der Waals surface area contributed by atoms with Gasteiger partial charge in [0.15, 0.2) is 5.69 Å². The third-order valence-corrected chi connectivity index (χ3v) is 9.93. The molecule has 3 saturated carbocycles. The van der Waals surface area contributed by atoms with Crippen LogP contribution in [0.5, 0.6) is 0 Å². The zero-order valence-electron chi connectivity index (χ0n) is 22.5. The molecule has 0 bridgehead atoms. The number of aromatic nitrogens is 4. The maximum Gasteiger partial charge on any atom is 0.433 e. The van der Waals surface area contributed by atoms with Gasteiger partial charge in [0.05, 0.1) is 40.5 Å². The van der Waals surface area contributed by atoms with Gasteiger partial charge in [0.25, 0.3) is 5.91 Å². The molecule has 2 heterocycles. The Kier molecular flexibility index (Phi) is 7.18. The number of aliphatic carboxylic acids is 1. The van der Waals surface area contributed by atoms with Crippen molar-refractivity contribution < 1.29 is 33.0 Å². The van der Waals surface area contributed by atoms with Gasteiger partial charge in [-0.2, -0.15) is 18.3 Å². The van der Waals surface area contributed by atoms with E-state index in [1.54, 1.807) is 6.92 Å². The summed E-state index contributed by atoms with van der Waals surface area (Å²) in [4.78, 5) is 34.7. The van der Waals surface area contributed by atoms with Gasteiger partial charge in [0, 0.05) is 12.2 Å². The summed E-state index contributed by atoms with van der Waals surface area (Å²) in [5, 5.41) is 24.6. The van der Waals surface area contributed by atoms with Gasteiger partial charge >= 0.3 is 12.1 Å². The molecule has 3 unspecified atom stereocenters. The molecule has 5 rings (SSSR count). The molecule has 13 heteroatoms. The standard InChI is InChI=1S/C27H33ClF3N5O4/c1-25(2)17-8-15(9-18(17)25)35(12-20(37)21-19(28)11-32-13-33-21)23(38)16-10-34-36(22(16)27(29,30)31)14-4-6-26(3,7-5-14)24(39)40/h10-11,13-15,17-18,20,37H,4-9,12H2,1-3H3,(H,39,40). The average Bonchev–Trinajstić information content (AvgIpc) is 3.31. The molecule has 0 radical (unpaired) electrons. The van der Waals surface area contributed by atoms with Crippen molar-refractivity contribution in [2.75, 3.05) is 6.54 Å². The Morgan fingerprint density at radius 1 is 1.18 bits per heavy atom. The average molecular weight is 584 g/mol. The summed E-state index contributed by atoms with van der Waals surface area (Å²) in [5.74, 6) is -1.14. The minimum atomic E-state index is -4.88. The van der Waals surface area contributed by atoms with Gasteiger partial charge in [0.2, 0.25) is 0 Å². The second-order valence-corrected chi connectivity index (χ2v) is 12.7. The van der Waals surface area contributed by atoms with E-state index in [4.69, 9.17) is 11.6 Å². The number of fused-ring (bicyclic) bond motifs is 1. The molecule has 218 valence electrons. The summed E-state index contributed by atoms with van der Waals surface area (Å²) in [7, 11) is 0. The zero-order chi connectivity index (χ0) is 29.2. The van der Waals surface area contributed by atoms with Gasteiger partial charge in [0.1, 0.15) is 12.4 Å². The molecule has 40 heavy (non-hydrogen) atoms. The van der Waals surface area contributed by atoms with Crippen molar-refractivity contribution in [3.8, 4) is 0 Å². The molecule has 2 aromatic heterocycles. The van der Waals surface area contributed by atoms with E-state index in [0.29, 0.717) is 24.7 Å². The number of hydrogen-bond donors (Lipinski definition) is 2. The largest absolute Gasteiger partial charge is 0.481 e. The Morgan fingerprint density at radius 2 is 1.80 bits per heavy atom. The summed E-state index contributed by atoms with van der Waals surface area (Å²) in [5.41, 5.74) is -2.53. The summed E-state index contributed by atoms with van der Waals surface area (Å²) < 4.78 is 44.4. The SMILES string of the molecule is CC1(C(=O)O)CCC(n2ncc(C(=O)N(CC(O)c3ncncc3Cl)C3CC4C(C3)C4(C)C)c2C(F)(F)F)CC1. The Bertz CT molecular complexity index is 1290. The van der Waals surface area contributed by atoms with Gasteiger partial charge in [-0.3, -0.25) is 14.3 Å². The van der Waals surface area contributed by atoms with Gasteiger partial charge in [-0.1, -0.05) is 25.4 Å². The van der Waals surface area contributed by atoms with Crippen LogP contribution in [0.1, 0.15) is 93.2 Å². The molecule has 0 aromatic carbocycles. The van der Waals surface area contributed by atoms with E-state index >= 15 is 0 Å². The van der Waals surface area contributed by atoms with Crippen LogP contribution < -0.4 is 0 Å². The van der Waals surface area contributed by atoms with Crippen LogP contribution in [-0.4, -0.2) is 59.3 Å². The minimum absolute atomic E-state index is 0.0901. The predicted octanol–water partition coefficient (Wildman–Crippen LogP) is 5.16. The summed E-state index contributed by atoms with van der Waals surface area (Å²) in [6.45, 7) is 5.59. The first-order chi connectivity index (χ1) is 18.6. The van der Waals surface area contributed by atoms with Gasteiger partial charge < -0.3 is 15.1 Å². The number of carbonyl (C=O) groups excluding carboxylic acids is 1. The van der Waals surface area contributed by atoms with E-state index in [0.717, 1.165) is 10.9 Å². The van der Waals surface area contributed by atoms with E-state index in [9.17, 15) is 33.0 Å². The van der Waals surface area contributed by atoms with E-state index in [2.05, 4.69) is 28.9 Å². The van der Waals surface area contributed by atoms with Crippen LogP contribution in [0, 0.1) is 22.7 Å². The number of alkyl halides is 3. The first-order valence-corrected chi connectivity index (χ1v) is 13.9. The maximum absolute atomic E-state index is 14.5.